The molecule has 0 spiro atoms. The van der Waals surface area contributed by atoms with Crippen molar-refractivity contribution in [2.24, 2.45) is 11.7 Å². The van der Waals surface area contributed by atoms with Gasteiger partial charge >= 0.3 is 0 Å². The number of pyridine rings is 1. The lowest BCUT2D eigenvalue weighted by Crippen LogP contribution is -2.52. The minimum absolute atomic E-state index is 0.345. The molecule has 1 saturated heterocycles. The van der Waals surface area contributed by atoms with Crippen LogP contribution in [0.1, 0.15) is 38.9 Å². The monoisotopic (exact) mass is 233 g/mol. The number of nitrogens with two attached hydrogens (primary N) is 1. The van der Waals surface area contributed by atoms with Crippen LogP contribution in [0.5, 0.6) is 0 Å². The molecular formula is C14H23N3. The number of piperidine rings is 1. The standard InChI is InChI=1S/C14H23N3/c1-10-11(2)17(9-7-13(10)15)12(3)14-6-4-5-8-16-14/h4-6,8,10-13H,7,9,15H2,1-3H3. The number of likely N-dealkylation sites (tertiary alicyclic amines) is 1. The second-order valence-electron chi connectivity index (χ2n) is 5.22. The highest BCUT2D eigenvalue weighted by molar-refractivity contribution is 5.09. The van der Waals surface area contributed by atoms with E-state index in [9.17, 15) is 0 Å². The molecule has 0 radical (unpaired) electrons. The van der Waals surface area contributed by atoms with Gasteiger partial charge in [-0.05, 0) is 38.3 Å². The van der Waals surface area contributed by atoms with Gasteiger partial charge in [0.05, 0.1) is 5.69 Å². The third-order valence-electron chi connectivity index (χ3n) is 4.29. The Morgan fingerprint density at radius 3 is 2.82 bits per heavy atom. The quantitative estimate of drug-likeness (QED) is 0.851. The first-order chi connectivity index (χ1) is 8.11. The fraction of sp³-hybridized carbons (Fsp3) is 0.643. The molecule has 1 aromatic rings. The highest BCUT2D eigenvalue weighted by Gasteiger charge is 2.33. The molecule has 0 bridgehead atoms. The maximum absolute atomic E-state index is 6.13. The number of rotatable bonds is 2. The van der Waals surface area contributed by atoms with Crippen LogP contribution in [-0.2, 0) is 0 Å². The smallest absolute Gasteiger partial charge is 0.0572 e. The van der Waals surface area contributed by atoms with E-state index in [-0.39, 0.29) is 0 Å². The largest absolute Gasteiger partial charge is 0.327 e. The molecule has 0 aliphatic carbocycles. The van der Waals surface area contributed by atoms with Gasteiger partial charge in [0.2, 0.25) is 0 Å². The average Bonchev–Trinajstić information content (AvgIpc) is 2.36. The molecule has 17 heavy (non-hydrogen) atoms. The van der Waals surface area contributed by atoms with E-state index in [4.69, 9.17) is 5.73 Å². The van der Waals surface area contributed by atoms with Gasteiger partial charge < -0.3 is 5.73 Å². The first-order valence-electron chi connectivity index (χ1n) is 6.53. The van der Waals surface area contributed by atoms with Gasteiger partial charge in [-0.1, -0.05) is 13.0 Å². The summed E-state index contributed by atoms with van der Waals surface area (Å²) >= 11 is 0. The summed E-state index contributed by atoms with van der Waals surface area (Å²) in [6, 6.07) is 7.38. The molecule has 1 aliphatic heterocycles. The lowest BCUT2D eigenvalue weighted by Gasteiger charge is -2.44. The Morgan fingerprint density at radius 2 is 2.18 bits per heavy atom. The minimum Gasteiger partial charge on any atom is -0.327 e. The van der Waals surface area contributed by atoms with Crippen LogP contribution in [0.25, 0.3) is 0 Å². The van der Waals surface area contributed by atoms with Crippen molar-refractivity contribution in [1.29, 1.82) is 0 Å². The molecular weight excluding hydrogens is 210 g/mol. The van der Waals surface area contributed by atoms with Gasteiger partial charge in [-0.2, -0.15) is 0 Å². The Balaban J connectivity index is 2.12. The number of aromatic nitrogens is 1. The Bertz CT molecular complexity index is 352. The molecule has 1 fully saturated rings. The first kappa shape index (κ1) is 12.5. The molecule has 3 nitrogen and oxygen atoms in total. The van der Waals surface area contributed by atoms with Crippen LogP contribution in [0.2, 0.25) is 0 Å². The molecule has 2 heterocycles. The molecule has 3 heteroatoms. The molecule has 4 atom stereocenters. The number of hydrogen-bond acceptors (Lipinski definition) is 3. The predicted octanol–water partition coefficient (Wildman–Crippen LogP) is 2.20. The maximum Gasteiger partial charge on any atom is 0.0572 e. The highest BCUT2D eigenvalue weighted by Crippen LogP contribution is 2.29. The first-order valence-corrected chi connectivity index (χ1v) is 6.53. The Kier molecular flexibility index (Phi) is 3.79. The van der Waals surface area contributed by atoms with Gasteiger partial charge in [0.15, 0.2) is 0 Å². The van der Waals surface area contributed by atoms with E-state index in [1.165, 1.54) is 0 Å². The normalized spacial score (nSPS) is 32.4. The molecule has 0 saturated carbocycles. The highest BCUT2D eigenvalue weighted by atomic mass is 15.2. The van der Waals surface area contributed by atoms with Gasteiger partial charge in [0, 0.05) is 30.9 Å². The molecule has 0 amide bonds. The Hall–Kier alpha value is -0.930. The van der Waals surface area contributed by atoms with Crippen molar-refractivity contribution < 1.29 is 0 Å². The van der Waals surface area contributed by atoms with Crippen molar-refractivity contribution in [1.82, 2.24) is 9.88 Å². The summed E-state index contributed by atoms with van der Waals surface area (Å²) in [5, 5.41) is 0. The SMILES string of the molecule is CC1C(N)CCN(C(C)c2ccccn2)C1C. The summed E-state index contributed by atoms with van der Waals surface area (Å²) in [4.78, 5) is 6.98. The van der Waals surface area contributed by atoms with Crippen molar-refractivity contribution in [2.75, 3.05) is 6.54 Å². The van der Waals surface area contributed by atoms with E-state index >= 15 is 0 Å². The van der Waals surface area contributed by atoms with Crippen molar-refractivity contribution in [2.45, 2.75) is 45.3 Å². The number of hydrogen-bond donors (Lipinski definition) is 1. The maximum atomic E-state index is 6.13. The summed E-state index contributed by atoms with van der Waals surface area (Å²) in [7, 11) is 0. The van der Waals surface area contributed by atoms with Crippen LogP contribution in [-0.4, -0.2) is 28.5 Å². The minimum atomic E-state index is 0.345. The van der Waals surface area contributed by atoms with Crippen molar-refractivity contribution >= 4 is 0 Å². The van der Waals surface area contributed by atoms with E-state index in [0.717, 1.165) is 18.7 Å². The van der Waals surface area contributed by atoms with Gasteiger partial charge in [0.25, 0.3) is 0 Å². The predicted molar refractivity (Wildman–Crippen MR) is 70.6 cm³/mol. The summed E-state index contributed by atoms with van der Waals surface area (Å²) in [5.41, 5.74) is 7.28. The summed E-state index contributed by atoms with van der Waals surface area (Å²) in [6.45, 7) is 7.85. The second-order valence-corrected chi connectivity index (χ2v) is 5.22. The molecule has 94 valence electrons. The van der Waals surface area contributed by atoms with Crippen LogP contribution >= 0.6 is 0 Å². The third-order valence-corrected chi connectivity index (χ3v) is 4.29. The van der Waals surface area contributed by atoms with Gasteiger partial charge in [-0.3, -0.25) is 9.88 Å². The van der Waals surface area contributed by atoms with E-state index in [2.05, 4.69) is 42.8 Å². The topological polar surface area (TPSA) is 42.1 Å². The Labute approximate surface area is 104 Å². The van der Waals surface area contributed by atoms with Gasteiger partial charge in [-0.25, -0.2) is 0 Å². The van der Waals surface area contributed by atoms with Crippen molar-refractivity contribution in [3.05, 3.63) is 30.1 Å². The molecule has 1 aliphatic rings. The van der Waals surface area contributed by atoms with Crippen LogP contribution in [0.3, 0.4) is 0 Å². The van der Waals surface area contributed by atoms with Gasteiger partial charge in [-0.15, -0.1) is 0 Å². The average molecular weight is 233 g/mol. The fourth-order valence-electron chi connectivity index (χ4n) is 2.76. The van der Waals surface area contributed by atoms with Crippen LogP contribution in [0.4, 0.5) is 0 Å². The summed E-state index contributed by atoms with van der Waals surface area (Å²) in [5.74, 6) is 0.551. The molecule has 1 aromatic heterocycles. The van der Waals surface area contributed by atoms with Crippen molar-refractivity contribution in [3.8, 4) is 0 Å². The van der Waals surface area contributed by atoms with Crippen LogP contribution in [0, 0.1) is 5.92 Å². The Morgan fingerprint density at radius 1 is 1.41 bits per heavy atom. The summed E-state index contributed by atoms with van der Waals surface area (Å²) in [6.07, 6.45) is 2.96. The molecule has 0 aromatic carbocycles. The fourth-order valence-corrected chi connectivity index (χ4v) is 2.76. The van der Waals surface area contributed by atoms with Crippen molar-refractivity contribution in [3.63, 3.8) is 0 Å². The third kappa shape index (κ3) is 2.50. The summed E-state index contributed by atoms with van der Waals surface area (Å²) < 4.78 is 0. The van der Waals surface area contributed by atoms with E-state index in [0.29, 0.717) is 24.0 Å². The molecule has 4 unspecified atom stereocenters. The lowest BCUT2D eigenvalue weighted by atomic mass is 9.86. The molecule has 2 N–H and O–H groups in total. The van der Waals surface area contributed by atoms with E-state index < -0.39 is 0 Å². The number of nitrogens with zero attached hydrogens (tertiary/aromatic N) is 2. The zero-order valence-electron chi connectivity index (χ0n) is 11.0. The second kappa shape index (κ2) is 5.15. The zero-order chi connectivity index (χ0) is 12.4. The lowest BCUT2D eigenvalue weighted by molar-refractivity contribution is 0.0611. The van der Waals surface area contributed by atoms with Crippen LogP contribution < -0.4 is 5.73 Å². The van der Waals surface area contributed by atoms with E-state index in [1.54, 1.807) is 0 Å². The molecule has 2 rings (SSSR count). The zero-order valence-corrected chi connectivity index (χ0v) is 11.0. The van der Waals surface area contributed by atoms with Crippen LogP contribution in [0.15, 0.2) is 24.4 Å². The van der Waals surface area contributed by atoms with E-state index in [1.807, 2.05) is 12.3 Å². The van der Waals surface area contributed by atoms with Gasteiger partial charge in [0.1, 0.15) is 0 Å².